The van der Waals surface area contributed by atoms with Crippen molar-refractivity contribution in [1.82, 2.24) is 10.2 Å². The van der Waals surface area contributed by atoms with Gasteiger partial charge in [0.1, 0.15) is 11.6 Å². The summed E-state index contributed by atoms with van der Waals surface area (Å²) in [6, 6.07) is 5.92. The first-order valence-corrected chi connectivity index (χ1v) is 12.5. The number of nitrogens with one attached hydrogen (secondary N) is 2. The molecule has 8 nitrogen and oxygen atoms in total. The second-order valence-corrected chi connectivity index (χ2v) is 10.4. The summed E-state index contributed by atoms with van der Waals surface area (Å²) in [5.74, 6) is -2.14. The maximum absolute atomic E-state index is 13.8. The molecule has 3 heterocycles. The van der Waals surface area contributed by atoms with Crippen LogP contribution in [-0.2, 0) is 19.1 Å². The summed E-state index contributed by atoms with van der Waals surface area (Å²) in [5, 5.41) is 15.7. The molecule has 4 rings (SSSR count). The first kappa shape index (κ1) is 24.9. The third-order valence-electron chi connectivity index (χ3n) is 7.81. The van der Waals surface area contributed by atoms with E-state index < -0.39 is 29.1 Å². The maximum Gasteiger partial charge on any atom is 0.250 e. The van der Waals surface area contributed by atoms with Crippen LogP contribution in [-0.4, -0.2) is 64.7 Å². The standard InChI is InChI=1S/C25H34ClN3O5/c1-4-11-27-21(31)18-19-23(33)29(12-5-6-13-30)20(25(19)14-15(2)24(18,3)34-25)22(32)28-17-9-7-16(26)8-10-17/h7-10,15,18-20,30H,4-6,11-14H2,1-3H3,(H,27,31)(H,28,32)/t15?,18-,19-,20?,24+,25?/m0/s1. The van der Waals surface area contributed by atoms with Gasteiger partial charge in [-0.1, -0.05) is 25.4 Å². The van der Waals surface area contributed by atoms with Crippen molar-refractivity contribution in [2.45, 2.75) is 63.7 Å². The van der Waals surface area contributed by atoms with Gasteiger partial charge in [0.25, 0.3) is 0 Å². The normalized spacial score (nSPS) is 33.8. The molecule has 6 atom stereocenters. The van der Waals surface area contributed by atoms with E-state index in [9.17, 15) is 19.5 Å². The summed E-state index contributed by atoms with van der Waals surface area (Å²) < 4.78 is 6.64. The fourth-order valence-corrected chi connectivity index (χ4v) is 6.30. The molecule has 0 saturated carbocycles. The Bertz CT molecular complexity index is 956. The van der Waals surface area contributed by atoms with Crippen molar-refractivity contribution in [3.8, 4) is 0 Å². The molecule has 1 spiro atoms. The van der Waals surface area contributed by atoms with Gasteiger partial charge in [-0.15, -0.1) is 0 Å². The lowest BCUT2D eigenvalue weighted by Gasteiger charge is -2.36. The molecule has 3 unspecified atom stereocenters. The fourth-order valence-electron chi connectivity index (χ4n) is 6.18. The summed E-state index contributed by atoms with van der Waals surface area (Å²) in [5.41, 5.74) is -1.33. The lowest BCUT2D eigenvalue weighted by Crippen LogP contribution is -2.54. The van der Waals surface area contributed by atoms with Gasteiger partial charge in [0, 0.05) is 30.4 Å². The van der Waals surface area contributed by atoms with E-state index in [0.717, 1.165) is 6.42 Å². The second-order valence-electron chi connectivity index (χ2n) is 9.95. The number of ether oxygens (including phenoxy) is 1. The van der Waals surface area contributed by atoms with Crippen molar-refractivity contribution in [1.29, 1.82) is 0 Å². The Morgan fingerprint density at radius 2 is 1.94 bits per heavy atom. The predicted octanol–water partition coefficient (Wildman–Crippen LogP) is 2.59. The molecule has 0 aromatic heterocycles. The summed E-state index contributed by atoms with van der Waals surface area (Å²) in [6.07, 6.45) is 2.37. The molecular formula is C25H34ClN3O5. The highest BCUT2D eigenvalue weighted by Gasteiger charge is 2.79. The molecule has 0 aliphatic carbocycles. The lowest BCUT2D eigenvalue weighted by atomic mass is 9.62. The first-order valence-electron chi connectivity index (χ1n) is 12.1. The average molecular weight is 492 g/mol. The SMILES string of the molecule is CCCNC(=O)[C@@H]1[C@H]2C(=O)N(CCCCO)C(C(=O)Nc3ccc(Cl)cc3)C23CC(C)[C@@]1(C)O3. The number of aliphatic hydroxyl groups excluding tert-OH is 1. The number of carbonyl (C=O) groups excluding carboxylic acids is 3. The van der Waals surface area contributed by atoms with Crippen LogP contribution in [0.15, 0.2) is 24.3 Å². The third-order valence-corrected chi connectivity index (χ3v) is 8.07. The third kappa shape index (κ3) is 3.89. The smallest absolute Gasteiger partial charge is 0.250 e. The Labute approximate surface area is 205 Å². The molecule has 3 aliphatic heterocycles. The molecule has 0 radical (unpaired) electrons. The summed E-state index contributed by atoms with van der Waals surface area (Å²) >= 11 is 5.98. The van der Waals surface area contributed by atoms with Crippen LogP contribution in [0.5, 0.6) is 0 Å². The van der Waals surface area contributed by atoms with Gasteiger partial charge in [-0.2, -0.15) is 0 Å². The van der Waals surface area contributed by atoms with Gasteiger partial charge in [0.05, 0.1) is 17.4 Å². The van der Waals surface area contributed by atoms with Crippen molar-refractivity contribution in [2.24, 2.45) is 17.8 Å². The highest BCUT2D eigenvalue weighted by molar-refractivity contribution is 6.30. The molecule has 3 saturated heterocycles. The molecular weight excluding hydrogens is 458 g/mol. The molecule has 3 aliphatic rings. The number of anilines is 1. The van der Waals surface area contributed by atoms with Crippen LogP contribution in [0.1, 0.15) is 46.5 Å². The molecule has 3 amide bonds. The number of rotatable bonds is 9. The Hall–Kier alpha value is -2.16. The van der Waals surface area contributed by atoms with E-state index in [2.05, 4.69) is 10.6 Å². The molecule has 34 heavy (non-hydrogen) atoms. The van der Waals surface area contributed by atoms with Crippen molar-refractivity contribution in [3.05, 3.63) is 29.3 Å². The minimum absolute atomic E-state index is 0.00264. The van der Waals surface area contributed by atoms with E-state index >= 15 is 0 Å². The number of fused-ring (bicyclic) bond motifs is 1. The zero-order valence-electron chi connectivity index (χ0n) is 20.0. The quantitative estimate of drug-likeness (QED) is 0.460. The number of unbranched alkanes of at least 4 members (excludes halogenated alkanes) is 1. The fraction of sp³-hybridized carbons (Fsp3) is 0.640. The molecule has 1 aromatic carbocycles. The topological polar surface area (TPSA) is 108 Å². The molecule has 186 valence electrons. The average Bonchev–Trinajstić information content (AvgIpc) is 3.31. The number of halogens is 1. The van der Waals surface area contributed by atoms with E-state index in [-0.39, 0.29) is 30.2 Å². The Balaban J connectivity index is 1.71. The number of aliphatic hydroxyl groups is 1. The monoisotopic (exact) mass is 491 g/mol. The Morgan fingerprint density at radius 1 is 1.24 bits per heavy atom. The zero-order chi connectivity index (χ0) is 24.7. The van der Waals surface area contributed by atoms with E-state index in [0.29, 0.717) is 43.1 Å². The van der Waals surface area contributed by atoms with Crippen molar-refractivity contribution < 1.29 is 24.2 Å². The minimum Gasteiger partial charge on any atom is -0.396 e. The number of likely N-dealkylation sites (tertiary alicyclic amines) is 1. The van der Waals surface area contributed by atoms with Crippen molar-refractivity contribution in [3.63, 3.8) is 0 Å². The van der Waals surface area contributed by atoms with Gasteiger partial charge >= 0.3 is 0 Å². The maximum atomic E-state index is 13.8. The molecule has 9 heteroatoms. The van der Waals surface area contributed by atoms with Gasteiger partial charge in [0.15, 0.2) is 0 Å². The van der Waals surface area contributed by atoms with E-state index in [1.54, 1.807) is 29.2 Å². The Kier molecular flexibility index (Phi) is 6.95. The van der Waals surface area contributed by atoms with Crippen LogP contribution in [0.4, 0.5) is 5.69 Å². The lowest BCUT2D eigenvalue weighted by molar-refractivity contribution is -0.146. The van der Waals surface area contributed by atoms with Crippen LogP contribution in [0.3, 0.4) is 0 Å². The van der Waals surface area contributed by atoms with Gasteiger partial charge in [-0.25, -0.2) is 0 Å². The molecule has 2 bridgehead atoms. The van der Waals surface area contributed by atoms with Gasteiger partial charge in [-0.05, 0) is 62.8 Å². The number of benzene rings is 1. The van der Waals surface area contributed by atoms with Crippen LogP contribution in [0, 0.1) is 17.8 Å². The summed E-state index contributed by atoms with van der Waals surface area (Å²) in [7, 11) is 0. The van der Waals surface area contributed by atoms with Gasteiger partial charge < -0.3 is 25.4 Å². The Morgan fingerprint density at radius 3 is 2.59 bits per heavy atom. The van der Waals surface area contributed by atoms with Crippen LogP contribution in [0.25, 0.3) is 0 Å². The number of hydrogen-bond donors (Lipinski definition) is 3. The van der Waals surface area contributed by atoms with Crippen LogP contribution < -0.4 is 10.6 Å². The number of amides is 3. The minimum atomic E-state index is -1.07. The van der Waals surface area contributed by atoms with E-state index in [4.69, 9.17) is 16.3 Å². The van der Waals surface area contributed by atoms with E-state index in [1.807, 2.05) is 20.8 Å². The number of nitrogens with zero attached hydrogens (tertiary/aromatic N) is 1. The predicted molar refractivity (Wildman–Crippen MR) is 128 cm³/mol. The van der Waals surface area contributed by atoms with Gasteiger partial charge in [-0.3, -0.25) is 14.4 Å². The zero-order valence-corrected chi connectivity index (χ0v) is 20.7. The van der Waals surface area contributed by atoms with Crippen LogP contribution >= 0.6 is 11.6 Å². The number of carbonyl (C=O) groups is 3. The summed E-state index contributed by atoms with van der Waals surface area (Å²) in [4.78, 5) is 42.4. The second kappa shape index (κ2) is 9.47. The van der Waals surface area contributed by atoms with Crippen molar-refractivity contribution >= 4 is 35.0 Å². The van der Waals surface area contributed by atoms with Gasteiger partial charge in [0.2, 0.25) is 17.7 Å². The van der Waals surface area contributed by atoms with Crippen LogP contribution in [0.2, 0.25) is 5.02 Å². The number of hydrogen-bond acceptors (Lipinski definition) is 5. The first-order chi connectivity index (χ1) is 16.2. The molecule has 1 aromatic rings. The highest BCUT2D eigenvalue weighted by Crippen LogP contribution is 2.65. The molecule has 3 N–H and O–H groups in total. The highest BCUT2D eigenvalue weighted by atomic mass is 35.5. The van der Waals surface area contributed by atoms with E-state index in [1.165, 1.54) is 0 Å². The molecule has 3 fully saturated rings. The largest absolute Gasteiger partial charge is 0.396 e. The summed E-state index contributed by atoms with van der Waals surface area (Å²) in [6.45, 7) is 6.75. The van der Waals surface area contributed by atoms with Crippen molar-refractivity contribution in [2.75, 3.05) is 25.0 Å².